The van der Waals surface area contributed by atoms with Crippen molar-refractivity contribution in [3.05, 3.63) is 0 Å². The molecule has 0 heterocycles. The average Bonchev–Trinajstić information content (AvgIpc) is 2.94. The van der Waals surface area contributed by atoms with Gasteiger partial charge in [0.25, 0.3) is 0 Å². The fourth-order valence-electron chi connectivity index (χ4n) is 1.39. The first-order chi connectivity index (χ1) is 6.25. The van der Waals surface area contributed by atoms with E-state index in [0.717, 1.165) is 38.6 Å². The van der Waals surface area contributed by atoms with Gasteiger partial charge in [-0.3, -0.25) is 4.79 Å². The molecular formula is C10H19NO2. The number of rotatable bonds is 6. The zero-order valence-electron chi connectivity index (χ0n) is 8.33. The van der Waals surface area contributed by atoms with E-state index in [2.05, 4.69) is 0 Å². The van der Waals surface area contributed by atoms with Gasteiger partial charge in [0.2, 0.25) is 5.91 Å². The highest BCUT2D eigenvalue weighted by Crippen LogP contribution is 2.30. The van der Waals surface area contributed by atoms with E-state index in [9.17, 15) is 4.79 Å². The van der Waals surface area contributed by atoms with Crippen LogP contribution >= 0.6 is 0 Å². The highest BCUT2D eigenvalue weighted by atomic mass is 16.2. The summed E-state index contributed by atoms with van der Waals surface area (Å²) in [5.74, 6) is 0.645. The molecule has 0 unspecified atom stereocenters. The molecule has 0 saturated heterocycles. The summed E-state index contributed by atoms with van der Waals surface area (Å²) in [6.45, 7) is 1.11. The molecule has 3 heteroatoms. The van der Waals surface area contributed by atoms with Gasteiger partial charge in [-0.1, -0.05) is 0 Å². The van der Waals surface area contributed by atoms with Crippen LogP contribution in [0.2, 0.25) is 0 Å². The normalized spacial score (nSPS) is 15.8. The number of amides is 1. The van der Waals surface area contributed by atoms with Crippen LogP contribution in [0, 0.1) is 5.92 Å². The maximum Gasteiger partial charge on any atom is 0.225 e. The Hall–Kier alpha value is -0.570. The molecule has 1 amide bonds. The number of hydrogen-bond acceptors (Lipinski definition) is 2. The van der Waals surface area contributed by atoms with Crippen molar-refractivity contribution in [2.75, 3.05) is 20.2 Å². The largest absolute Gasteiger partial charge is 0.396 e. The zero-order chi connectivity index (χ0) is 9.68. The van der Waals surface area contributed by atoms with Gasteiger partial charge in [-0.2, -0.15) is 0 Å². The minimum atomic E-state index is 0.264. The van der Waals surface area contributed by atoms with E-state index in [0.29, 0.717) is 11.8 Å². The Morgan fingerprint density at radius 2 is 2.08 bits per heavy atom. The van der Waals surface area contributed by atoms with Crippen LogP contribution in [0.1, 0.15) is 32.1 Å². The Kier molecular flexibility index (Phi) is 4.22. The lowest BCUT2D eigenvalue weighted by molar-refractivity contribution is -0.131. The van der Waals surface area contributed by atoms with Crippen LogP contribution < -0.4 is 0 Å². The Morgan fingerprint density at radius 3 is 2.62 bits per heavy atom. The van der Waals surface area contributed by atoms with Crippen LogP contribution in [-0.4, -0.2) is 36.1 Å². The van der Waals surface area contributed by atoms with Crippen molar-refractivity contribution >= 4 is 5.91 Å². The summed E-state index contributed by atoms with van der Waals surface area (Å²) in [6.07, 6.45) is 5.04. The van der Waals surface area contributed by atoms with Gasteiger partial charge in [-0.25, -0.2) is 0 Å². The lowest BCUT2D eigenvalue weighted by atomic mass is 10.2. The van der Waals surface area contributed by atoms with Gasteiger partial charge in [0.05, 0.1) is 0 Å². The Morgan fingerprint density at radius 1 is 1.38 bits per heavy atom. The lowest BCUT2D eigenvalue weighted by Crippen LogP contribution is -2.28. The smallest absolute Gasteiger partial charge is 0.225 e. The zero-order valence-corrected chi connectivity index (χ0v) is 8.33. The minimum absolute atomic E-state index is 0.264. The molecule has 1 N–H and O–H groups in total. The molecule has 0 aromatic heterocycles. The van der Waals surface area contributed by atoms with Crippen LogP contribution in [-0.2, 0) is 4.79 Å². The third kappa shape index (κ3) is 3.77. The first kappa shape index (κ1) is 10.5. The van der Waals surface area contributed by atoms with E-state index in [1.54, 1.807) is 0 Å². The summed E-state index contributed by atoms with van der Waals surface area (Å²) >= 11 is 0. The van der Waals surface area contributed by atoms with Crippen molar-refractivity contribution in [3.8, 4) is 0 Å². The molecule has 1 fully saturated rings. The quantitative estimate of drug-likeness (QED) is 0.628. The summed E-state index contributed by atoms with van der Waals surface area (Å²) in [4.78, 5) is 13.3. The van der Waals surface area contributed by atoms with Gasteiger partial charge < -0.3 is 10.0 Å². The van der Waals surface area contributed by atoms with Gasteiger partial charge in [0.15, 0.2) is 0 Å². The predicted molar refractivity (Wildman–Crippen MR) is 51.3 cm³/mol. The van der Waals surface area contributed by atoms with Gasteiger partial charge in [0.1, 0.15) is 0 Å². The summed E-state index contributed by atoms with van der Waals surface area (Å²) < 4.78 is 0. The number of carbonyl (C=O) groups excluding carboxylic acids is 1. The molecule has 0 aromatic carbocycles. The second kappa shape index (κ2) is 5.22. The molecule has 0 aliphatic heterocycles. The van der Waals surface area contributed by atoms with E-state index in [1.165, 1.54) is 0 Å². The SMILES string of the molecule is CN(CCCCCO)C(=O)C1CC1. The highest BCUT2D eigenvalue weighted by molar-refractivity contribution is 5.80. The van der Waals surface area contributed by atoms with E-state index >= 15 is 0 Å². The van der Waals surface area contributed by atoms with Crippen LogP contribution in [0.25, 0.3) is 0 Å². The molecule has 1 aliphatic carbocycles. The first-order valence-corrected chi connectivity index (χ1v) is 5.11. The molecule has 0 radical (unpaired) electrons. The van der Waals surface area contributed by atoms with Crippen molar-refractivity contribution in [3.63, 3.8) is 0 Å². The third-order valence-electron chi connectivity index (χ3n) is 2.45. The van der Waals surface area contributed by atoms with Gasteiger partial charge in [0, 0.05) is 26.1 Å². The van der Waals surface area contributed by atoms with Crippen molar-refractivity contribution < 1.29 is 9.90 Å². The van der Waals surface area contributed by atoms with Crippen molar-refractivity contribution in [2.45, 2.75) is 32.1 Å². The van der Waals surface area contributed by atoms with E-state index in [4.69, 9.17) is 5.11 Å². The summed E-state index contributed by atoms with van der Waals surface area (Å²) in [6, 6.07) is 0. The molecule has 13 heavy (non-hydrogen) atoms. The fraction of sp³-hybridized carbons (Fsp3) is 0.900. The average molecular weight is 185 g/mol. The van der Waals surface area contributed by atoms with Crippen LogP contribution in [0.15, 0.2) is 0 Å². The molecule has 0 atom stereocenters. The molecule has 1 saturated carbocycles. The Balaban J connectivity index is 2.02. The summed E-state index contributed by atoms with van der Waals surface area (Å²) in [5, 5.41) is 8.56. The number of nitrogens with zero attached hydrogens (tertiary/aromatic N) is 1. The van der Waals surface area contributed by atoms with Crippen LogP contribution in [0.4, 0.5) is 0 Å². The van der Waals surface area contributed by atoms with Gasteiger partial charge in [-0.05, 0) is 32.1 Å². The molecule has 1 aliphatic rings. The minimum Gasteiger partial charge on any atom is -0.396 e. The molecule has 0 aromatic rings. The Labute approximate surface area is 79.7 Å². The summed E-state index contributed by atoms with van der Waals surface area (Å²) in [5.41, 5.74) is 0. The number of carbonyl (C=O) groups is 1. The molecule has 1 rings (SSSR count). The third-order valence-corrected chi connectivity index (χ3v) is 2.45. The van der Waals surface area contributed by atoms with Crippen molar-refractivity contribution in [2.24, 2.45) is 5.92 Å². The number of hydrogen-bond donors (Lipinski definition) is 1. The molecular weight excluding hydrogens is 166 g/mol. The van der Waals surface area contributed by atoms with E-state index in [1.807, 2.05) is 11.9 Å². The van der Waals surface area contributed by atoms with Gasteiger partial charge in [-0.15, -0.1) is 0 Å². The van der Waals surface area contributed by atoms with Crippen molar-refractivity contribution in [1.29, 1.82) is 0 Å². The summed E-state index contributed by atoms with van der Waals surface area (Å²) in [7, 11) is 1.87. The second-order valence-corrected chi connectivity index (χ2v) is 3.82. The molecule has 0 spiro atoms. The van der Waals surface area contributed by atoms with Crippen LogP contribution in [0.5, 0.6) is 0 Å². The standard InChI is InChI=1S/C10H19NO2/c1-11(7-3-2-4-8-12)10(13)9-5-6-9/h9,12H,2-8H2,1H3. The second-order valence-electron chi connectivity index (χ2n) is 3.82. The van der Waals surface area contributed by atoms with Crippen LogP contribution in [0.3, 0.4) is 0 Å². The van der Waals surface area contributed by atoms with Crippen molar-refractivity contribution in [1.82, 2.24) is 4.90 Å². The van der Waals surface area contributed by atoms with E-state index in [-0.39, 0.29) is 6.61 Å². The molecule has 3 nitrogen and oxygen atoms in total. The molecule has 76 valence electrons. The first-order valence-electron chi connectivity index (χ1n) is 5.11. The molecule has 0 bridgehead atoms. The highest BCUT2D eigenvalue weighted by Gasteiger charge is 2.31. The van der Waals surface area contributed by atoms with Gasteiger partial charge >= 0.3 is 0 Å². The number of unbranched alkanes of at least 4 members (excludes halogenated alkanes) is 2. The lowest BCUT2D eigenvalue weighted by Gasteiger charge is -2.16. The number of aliphatic hydroxyl groups is 1. The van der Waals surface area contributed by atoms with E-state index < -0.39 is 0 Å². The maximum atomic E-state index is 11.4. The predicted octanol–water partition coefficient (Wildman–Crippen LogP) is 1.02. The Bertz CT molecular complexity index is 166. The maximum absolute atomic E-state index is 11.4. The number of aliphatic hydroxyl groups excluding tert-OH is 1. The monoisotopic (exact) mass is 185 g/mol. The fourth-order valence-corrected chi connectivity index (χ4v) is 1.39. The topological polar surface area (TPSA) is 40.5 Å².